The first kappa shape index (κ1) is 18.6. The normalized spacial score (nSPS) is 12.3. The maximum atomic E-state index is 12.3. The van der Waals surface area contributed by atoms with Crippen LogP contribution in [0.25, 0.3) is 10.6 Å². The van der Waals surface area contributed by atoms with Crippen LogP contribution in [0.5, 0.6) is 0 Å². The Bertz CT molecular complexity index is 861. The summed E-state index contributed by atoms with van der Waals surface area (Å²) in [7, 11) is 3.91. The zero-order chi connectivity index (χ0) is 18.5. The number of carbonyl (C=O) groups is 1. The summed E-state index contributed by atoms with van der Waals surface area (Å²) in [5.74, 6) is 0.754. The smallest absolute Gasteiger partial charge is 0.226 e. The van der Waals surface area contributed by atoms with Gasteiger partial charge in [-0.1, -0.05) is 29.8 Å². The highest BCUT2D eigenvalue weighted by atomic mass is 35.5. The lowest BCUT2D eigenvalue weighted by Crippen LogP contribution is -2.35. The largest absolute Gasteiger partial charge is 0.468 e. The van der Waals surface area contributed by atoms with Crippen LogP contribution < -0.4 is 5.32 Å². The molecule has 7 heteroatoms. The second-order valence-electron chi connectivity index (χ2n) is 6.10. The van der Waals surface area contributed by atoms with E-state index in [1.165, 1.54) is 11.3 Å². The molecular weight excluding hydrogens is 370 g/mol. The van der Waals surface area contributed by atoms with Crippen LogP contribution in [0, 0.1) is 0 Å². The van der Waals surface area contributed by atoms with Gasteiger partial charge in [0.25, 0.3) is 0 Å². The first-order valence-corrected chi connectivity index (χ1v) is 9.46. The van der Waals surface area contributed by atoms with E-state index in [0.29, 0.717) is 11.6 Å². The second kappa shape index (κ2) is 8.49. The van der Waals surface area contributed by atoms with Gasteiger partial charge in [-0.25, -0.2) is 4.98 Å². The predicted molar refractivity (Wildman–Crippen MR) is 104 cm³/mol. The quantitative estimate of drug-likeness (QED) is 0.663. The number of halogens is 1. The molecule has 1 aromatic carbocycles. The highest BCUT2D eigenvalue weighted by molar-refractivity contribution is 7.13. The van der Waals surface area contributed by atoms with E-state index in [9.17, 15) is 4.79 Å². The number of nitrogens with one attached hydrogen (secondary N) is 1. The Hall–Kier alpha value is -2.15. The molecule has 0 fully saturated rings. The highest BCUT2D eigenvalue weighted by Crippen LogP contribution is 2.30. The van der Waals surface area contributed by atoms with Gasteiger partial charge in [-0.2, -0.15) is 0 Å². The van der Waals surface area contributed by atoms with Gasteiger partial charge >= 0.3 is 0 Å². The third kappa shape index (κ3) is 4.52. The molecule has 3 rings (SSSR count). The van der Waals surface area contributed by atoms with Crippen molar-refractivity contribution < 1.29 is 9.21 Å². The third-order valence-electron chi connectivity index (χ3n) is 3.99. The number of hydrogen-bond acceptors (Lipinski definition) is 5. The molecule has 0 saturated carbocycles. The molecule has 5 nitrogen and oxygen atoms in total. The number of nitrogens with zero attached hydrogens (tertiary/aromatic N) is 2. The Morgan fingerprint density at radius 3 is 2.81 bits per heavy atom. The second-order valence-corrected chi connectivity index (χ2v) is 7.36. The number of likely N-dealkylation sites (N-methyl/N-ethyl adjacent to an activating group) is 1. The van der Waals surface area contributed by atoms with Crippen LogP contribution in [0.4, 0.5) is 0 Å². The van der Waals surface area contributed by atoms with Crippen LogP contribution in [-0.2, 0) is 11.2 Å². The van der Waals surface area contributed by atoms with Gasteiger partial charge in [0.2, 0.25) is 5.91 Å². The van der Waals surface area contributed by atoms with Gasteiger partial charge in [0, 0.05) is 17.5 Å². The van der Waals surface area contributed by atoms with Crippen molar-refractivity contribution in [2.24, 2.45) is 0 Å². The first-order valence-electron chi connectivity index (χ1n) is 8.20. The molecule has 1 N–H and O–H groups in total. The van der Waals surface area contributed by atoms with Crippen molar-refractivity contribution in [3.8, 4) is 10.6 Å². The average Bonchev–Trinajstić information content (AvgIpc) is 3.27. The Morgan fingerprint density at radius 2 is 2.12 bits per heavy atom. The maximum Gasteiger partial charge on any atom is 0.226 e. The number of thiazole rings is 1. The van der Waals surface area contributed by atoms with Gasteiger partial charge < -0.3 is 9.73 Å². The fourth-order valence-electron chi connectivity index (χ4n) is 2.60. The molecule has 0 aliphatic rings. The molecule has 136 valence electrons. The van der Waals surface area contributed by atoms with Crippen molar-refractivity contribution in [3.63, 3.8) is 0 Å². The number of amides is 1. The standard InChI is InChI=1S/C19H20ClN3O2S/c1-23(2)16(17-8-5-9-25-17)11-21-18(24)10-13-12-26-19(22-13)14-6-3-4-7-15(14)20/h3-9,12,16H,10-11H2,1-2H3,(H,21,24). The Kier molecular flexibility index (Phi) is 6.08. The van der Waals surface area contributed by atoms with Crippen LogP contribution in [-0.4, -0.2) is 36.4 Å². The summed E-state index contributed by atoms with van der Waals surface area (Å²) in [5.41, 5.74) is 1.62. The number of aromatic nitrogens is 1. The molecule has 1 atom stereocenters. The van der Waals surface area contributed by atoms with E-state index < -0.39 is 0 Å². The fraction of sp³-hybridized carbons (Fsp3) is 0.263. The van der Waals surface area contributed by atoms with Gasteiger partial charge in [-0.15, -0.1) is 11.3 Å². The molecule has 2 aromatic heterocycles. The van der Waals surface area contributed by atoms with E-state index >= 15 is 0 Å². The summed E-state index contributed by atoms with van der Waals surface area (Å²) in [5, 5.41) is 6.33. The van der Waals surface area contributed by atoms with E-state index in [4.69, 9.17) is 16.0 Å². The van der Waals surface area contributed by atoms with Crippen LogP contribution in [0.2, 0.25) is 5.02 Å². The summed E-state index contributed by atoms with van der Waals surface area (Å²) in [6.45, 7) is 0.473. The van der Waals surface area contributed by atoms with Gasteiger partial charge in [-0.05, 0) is 32.3 Å². The molecule has 0 bridgehead atoms. The molecule has 2 heterocycles. The van der Waals surface area contributed by atoms with Gasteiger partial charge in [-0.3, -0.25) is 9.69 Å². The van der Waals surface area contributed by atoms with Crippen LogP contribution in [0.1, 0.15) is 17.5 Å². The van der Waals surface area contributed by atoms with E-state index in [1.807, 2.05) is 60.8 Å². The number of furan rings is 1. The topological polar surface area (TPSA) is 58.4 Å². The predicted octanol–water partition coefficient (Wildman–Crippen LogP) is 4.02. The minimum Gasteiger partial charge on any atom is -0.468 e. The molecule has 0 radical (unpaired) electrons. The SMILES string of the molecule is CN(C)C(CNC(=O)Cc1csc(-c2ccccc2Cl)n1)c1ccco1. The van der Waals surface area contributed by atoms with Crippen molar-refractivity contribution in [2.45, 2.75) is 12.5 Å². The maximum absolute atomic E-state index is 12.3. The monoisotopic (exact) mass is 389 g/mol. The number of hydrogen-bond donors (Lipinski definition) is 1. The van der Waals surface area contributed by atoms with Crippen LogP contribution in [0.15, 0.2) is 52.5 Å². The highest BCUT2D eigenvalue weighted by Gasteiger charge is 2.18. The number of carbonyl (C=O) groups excluding carboxylic acids is 1. The molecule has 0 saturated heterocycles. The van der Waals surface area contributed by atoms with Gasteiger partial charge in [0.05, 0.1) is 29.4 Å². The first-order chi connectivity index (χ1) is 12.5. The molecule has 26 heavy (non-hydrogen) atoms. The summed E-state index contributed by atoms with van der Waals surface area (Å²) >= 11 is 7.70. The van der Waals surface area contributed by atoms with E-state index in [1.54, 1.807) is 6.26 Å². The van der Waals surface area contributed by atoms with Crippen molar-refractivity contribution in [3.05, 3.63) is 64.5 Å². The molecule has 1 unspecified atom stereocenters. The van der Waals surface area contributed by atoms with Crippen LogP contribution in [0.3, 0.4) is 0 Å². The van der Waals surface area contributed by atoms with Crippen LogP contribution >= 0.6 is 22.9 Å². The van der Waals surface area contributed by atoms with Crippen molar-refractivity contribution >= 4 is 28.8 Å². The average molecular weight is 390 g/mol. The zero-order valence-electron chi connectivity index (χ0n) is 14.6. The molecule has 1 amide bonds. The van der Waals surface area contributed by atoms with Crippen molar-refractivity contribution in [1.82, 2.24) is 15.2 Å². The van der Waals surface area contributed by atoms with Crippen molar-refractivity contribution in [2.75, 3.05) is 20.6 Å². The summed E-state index contributed by atoms with van der Waals surface area (Å²) < 4.78 is 5.45. The summed E-state index contributed by atoms with van der Waals surface area (Å²) in [6, 6.07) is 11.3. The fourth-order valence-corrected chi connectivity index (χ4v) is 3.74. The summed E-state index contributed by atoms with van der Waals surface area (Å²) in [4.78, 5) is 18.8. The lowest BCUT2D eigenvalue weighted by molar-refractivity contribution is -0.120. The lowest BCUT2D eigenvalue weighted by Gasteiger charge is -2.22. The lowest BCUT2D eigenvalue weighted by atomic mass is 10.2. The minimum atomic E-state index is -0.0700. The van der Waals surface area contributed by atoms with E-state index in [2.05, 4.69) is 10.3 Å². The molecule has 0 aliphatic carbocycles. The third-order valence-corrected chi connectivity index (χ3v) is 5.24. The summed E-state index contributed by atoms with van der Waals surface area (Å²) in [6.07, 6.45) is 1.87. The zero-order valence-corrected chi connectivity index (χ0v) is 16.2. The van der Waals surface area contributed by atoms with E-state index in [0.717, 1.165) is 22.0 Å². The molecule has 0 spiro atoms. The molecule has 0 aliphatic heterocycles. The number of rotatable bonds is 7. The van der Waals surface area contributed by atoms with E-state index in [-0.39, 0.29) is 18.4 Å². The molecule has 3 aromatic rings. The number of benzene rings is 1. The Balaban J connectivity index is 1.59. The molecular formula is C19H20ClN3O2S. The van der Waals surface area contributed by atoms with Gasteiger partial charge in [0.1, 0.15) is 10.8 Å². The Morgan fingerprint density at radius 1 is 1.31 bits per heavy atom. The Labute approximate surface area is 161 Å². The van der Waals surface area contributed by atoms with Crippen molar-refractivity contribution in [1.29, 1.82) is 0 Å². The minimum absolute atomic E-state index is 0.0110. The van der Waals surface area contributed by atoms with Gasteiger partial charge in [0.15, 0.2) is 0 Å².